The number of carbonyl (C=O) groups is 1. The molecule has 3 rings (SSSR count). The number of thioether (sulfide) groups is 1. The van der Waals surface area contributed by atoms with Crippen LogP contribution >= 0.6 is 11.8 Å². The van der Waals surface area contributed by atoms with Gasteiger partial charge >= 0.3 is 0 Å². The molecule has 0 spiro atoms. The van der Waals surface area contributed by atoms with Gasteiger partial charge in [-0.15, -0.1) is 10.2 Å². The quantitative estimate of drug-likeness (QED) is 0.697. The molecule has 1 aromatic carbocycles. The molecule has 0 fully saturated rings. The first-order valence-electron chi connectivity index (χ1n) is 8.03. The Morgan fingerprint density at radius 2 is 2.08 bits per heavy atom. The topological polar surface area (TPSA) is 72.7 Å². The number of carbonyl (C=O) groups excluding carboxylic acids is 1. The summed E-state index contributed by atoms with van der Waals surface area (Å²) in [7, 11) is 1.96. The number of aryl methyl sites for hydroxylation is 1. The van der Waals surface area contributed by atoms with Gasteiger partial charge in [0.05, 0.1) is 11.3 Å². The van der Waals surface area contributed by atoms with Crippen LogP contribution in [-0.2, 0) is 11.8 Å². The van der Waals surface area contributed by atoms with Crippen molar-refractivity contribution >= 4 is 39.7 Å². The minimum atomic E-state index is 0.00129. The summed E-state index contributed by atoms with van der Waals surface area (Å²) in [4.78, 5) is 16.4. The molecule has 7 heteroatoms. The number of amides is 1. The second kappa shape index (κ2) is 7.17. The maximum Gasteiger partial charge on any atom is 0.230 e. The molecule has 0 bridgehead atoms. The minimum Gasteiger partial charge on any atom is -0.355 e. The van der Waals surface area contributed by atoms with Crippen molar-refractivity contribution in [2.45, 2.75) is 25.4 Å². The molecular weight excluding hydrogens is 322 g/mol. The van der Waals surface area contributed by atoms with Crippen LogP contribution in [0.3, 0.4) is 0 Å². The monoisotopic (exact) mass is 343 g/mol. The van der Waals surface area contributed by atoms with Crippen LogP contribution in [0.5, 0.6) is 0 Å². The molecule has 0 atom stereocenters. The fourth-order valence-corrected chi connectivity index (χ4v) is 3.15. The van der Waals surface area contributed by atoms with Crippen LogP contribution in [-0.4, -0.2) is 38.0 Å². The number of aromatic nitrogens is 4. The normalized spacial score (nSPS) is 11.5. The summed E-state index contributed by atoms with van der Waals surface area (Å²) in [6.07, 6.45) is 0.983. The smallest absolute Gasteiger partial charge is 0.230 e. The Labute approximate surface area is 145 Å². The van der Waals surface area contributed by atoms with Gasteiger partial charge in [0, 0.05) is 19.0 Å². The van der Waals surface area contributed by atoms with E-state index < -0.39 is 0 Å². The number of nitrogens with one attached hydrogen (secondary N) is 1. The van der Waals surface area contributed by atoms with Gasteiger partial charge in [-0.25, -0.2) is 4.98 Å². The number of nitrogens with zero attached hydrogens (tertiary/aromatic N) is 4. The summed E-state index contributed by atoms with van der Waals surface area (Å²) in [6, 6.07) is 8.02. The molecule has 0 saturated carbocycles. The van der Waals surface area contributed by atoms with E-state index >= 15 is 0 Å². The molecule has 6 nitrogen and oxygen atoms in total. The first-order valence-corrected chi connectivity index (χ1v) is 9.02. The lowest BCUT2D eigenvalue weighted by Crippen LogP contribution is -2.27. The maximum atomic E-state index is 11.9. The molecule has 126 valence electrons. The van der Waals surface area contributed by atoms with Gasteiger partial charge in [0.2, 0.25) is 11.1 Å². The van der Waals surface area contributed by atoms with Crippen LogP contribution in [0.2, 0.25) is 0 Å². The molecule has 2 heterocycles. The van der Waals surface area contributed by atoms with Crippen molar-refractivity contribution < 1.29 is 4.79 Å². The Balaban J connectivity index is 1.71. The van der Waals surface area contributed by atoms with Gasteiger partial charge in [-0.05, 0) is 18.4 Å². The van der Waals surface area contributed by atoms with Crippen molar-refractivity contribution in [1.82, 2.24) is 25.1 Å². The molecule has 0 saturated heterocycles. The van der Waals surface area contributed by atoms with E-state index in [0.717, 1.165) is 28.5 Å². The SMILES string of the molecule is CC(C)CCNC(=O)CSc1nnc2c3ccccc3n(C)c2n1. The van der Waals surface area contributed by atoms with E-state index in [4.69, 9.17) is 0 Å². The molecule has 3 aromatic rings. The summed E-state index contributed by atoms with van der Waals surface area (Å²) < 4.78 is 2.01. The molecule has 24 heavy (non-hydrogen) atoms. The van der Waals surface area contributed by atoms with Gasteiger partial charge in [-0.3, -0.25) is 4.79 Å². The molecule has 2 aromatic heterocycles. The number of para-hydroxylation sites is 1. The van der Waals surface area contributed by atoms with E-state index in [1.54, 1.807) is 0 Å². The molecule has 0 aliphatic carbocycles. The highest BCUT2D eigenvalue weighted by atomic mass is 32.2. The summed E-state index contributed by atoms with van der Waals surface area (Å²) in [5.74, 6) is 0.885. The fraction of sp³-hybridized carbons (Fsp3) is 0.412. The highest BCUT2D eigenvalue weighted by molar-refractivity contribution is 7.99. The molecule has 0 aliphatic heterocycles. The third-order valence-corrected chi connectivity index (χ3v) is 4.70. The maximum absolute atomic E-state index is 11.9. The Hall–Kier alpha value is -2.15. The number of fused-ring (bicyclic) bond motifs is 3. The fourth-order valence-electron chi connectivity index (χ4n) is 2.53. The molecule has 1 amide bonds. The van der Waals surface area contributed by atoms with Gasteiger partial charge in [0.25, 0.3) is 0 Å². The highest BCUT2D eigenvalue weighted by Crippen LogP contribution is 2.25. The van der Waals surface area contributed by atoms with Gasteiger partial charge in [0.1, 0.15) is 5.52 Å². The van der Waals surface area contributed by atoms with Gasteiger partial charge < -0.3 is 9.88 Å². The zero-order chi connectivity index (χ0) is 17.1. The summed E-state index contributed by atoms with van der Waals surface area (Å²) in [5, 5.41) is 12.9. The number of benzene rings is 1. The van der Waals surface area contributed by atoms with Crippen molar-refractivity contribution in [3.05, 3.63) is 24.3 Å². The van der Waals surface area contributed by atoms with E-state index in [-0.39, 0.29) is 5.91 Å². The van der Waals surface area contributed by atoms with Crippen molar-refractivity contribution in [2.75, 3.05) is 12.3 Å². The first kappa shape index (κ1) is 16.7. The average molecular weight is 343 g/mol. The van der Waals surface area contributed by atoms with Gasteiger partial charge in [0.15, 0.2) is 5.65 Å². The van der Waals surface area contributed by atoms with E-state index in [2.05, 4.69) is 34.3 Å². The van der Waals surface area contributed by atoms with Crippen LogP contribution in [0.4, 0.5) is 0 Å². The number of rotatable bonds is 6. The van der Waals surface area contributed by atoms with Gasteiger partial charge in [-0.1, -0.05) is 43.8 Å². The predicted octanol–water partition coefficient (Wildman–Crippen LogP) is 2.77. The summed E-state index contributed by atoms with van der Waals surface area (Å²) in [5.41, 5.74) is 2.65. The number of hydrogen-bond acceptors (Lipinski definition) is 5. The summed E-state index contributed by atoms with van der Waals surface area (Å²) in [6.45, 7) is 4.98. The predicted molar refractivity (Wildman–Crippen MR) is 97.0 cm³/mol. The Kier molecular flexibility index (Phi) is 4.99. The lowest BCUT2D eigenvalue weighted by molar-refractivity contribution is -0.118. The molecule has 0 radical (unpaired) electrons. The Morgan fingerprint density at radius 3 is 2.88 bits per heavy atom. The Bertz CT molecular complexity index is 874. The Morgan fingerprint density at radius 1 is 1.29 bits per heavy atom. The van der Waals surface area contributed by atoms with E-state index in [1.807, 2.05) is 35.9 Å². The van der Waals surface area contributed by atoms with Gasteiger partial charge in [-0.2, -0.15) is 0 Å². The molecule has 0 aliphatic rings. The molecule has 0 unspecified atom stereocenters. The van der Waals surface area contributed by atoms with E-state index in [0.29, 0.717) is 23.4 Å². The molecule has 1 N–H and O–H groups in total. The number of hydrogen-bond donors (Lipinski definition) is 1. The zero-order valence-electron chi connectivity index (χ0n) is 14.1. The summed E-state index contributed by atoms with van der Waals surface area (Å²) >= 11 is 1.31. The highest BCUT2D eigenvalue weighted by Gasteiger charge is 2.13. The van der Waals surface area contributed by atoms with Crippen LogP contribution in [0.1, 0.15) is 20.3 Å². The third-order valence-electron chi connectivity index (χ3n) is 3.86. The minimum absolute atomic E-state index is 0.00129. The average Bonchev–Trinajstić information content (AvgIpc) is 2.86. The van der Waals surface area contributed by atoms with E-state index in [9.17, 15) is 4.79 Å². The van der Waals surface area contributed by atoms with Crippen molar-refractivity contribution in [3.63, 3.8) is 0 Å². The second-order valence-electron chi connectivity index (χ2n) is 6.16. The third kappa shape index (κ3) is 3.51. The van der Waals surface area contributed by atoms with Crippen molar-refractivity contribution in [1.29, 1.82) is 0 Å². The lowest BCUT2D eigenvalue weighted by atomic mass is 10.1. The van der Waals surface area contributed by atoms with E-state index in [1.165, 1.54) is 11.8 Å². The lowest BCUT2D eigenvalue weighted by Gasteiger charge is -2.06. The standard InChI is InChI=1S/C17H21N5OS/c1-11(2)8-9-18-14(23)10-24-17-19-16-15(20-21-17)12-6-4-5-7-13(12)22(16)3/h4-7,11H,8-10H2,1-3H3,(H,18,23). The zero-order valence-corrected chi connectivity index (χ0v) is 14.9. The van der Waals surface area contributed by atoms with Crippen molar-refractivity contribution in [2.24, 2.45) is 13.0 Å². The van der Waals surface area contributed by atoms with Crippen LogP contribution < -0.4 is 5.32 Å². The first-order chi connectivity index (χ1) is 11.6. The largest absolute Gasteiger partial charge is 0.355 e. The molecular formula is C17H21N5OS. The van der Waals surface area contributed by atoms with Crippen LogP contribution in [0.15, 0.2) is 29.4 Å². The van der Waals surface area contributed by atoms with Crippen molar-refractivity contribution in [3.8, 4) is 0 Å². The van der Waals surface area contributed by atoms with Crippen LogP contribution in [0, 0.1) is 5.92 Å². The van der Waals surface area contributed by atoms with Crippen LogP contribution in [0.25, 0.3) is 22.1 Å². The second-order valence-corrected chi connectivity index (χ2v) is 7.11.